The number of nitriles is 1. The topological polar surface area (TPSA) is 58.9 Å². The summed E-state index contributed by atoms with van der Waals surface area (Å²) < 4.78 is 2.33. The number of benzene rings is 5. The Morgan fingerprint density at radius 1 is 0.511 bits per heavy atom. The van der Waals surface area contributed by atoms with E-state index in [1.54, 1.807) is 12.4 Å². The van der Waals surface area contributed by atoms with Gasteiger partial charge in [0.25, 0.3) is 5.82 Å². The van der Waals surface area contributed by atoms with Crippen molar-refractivity contribution in [2.45, 2.75) is 0 Å². The minimum atomic E-state index is 0.394. The fourth-order valence-corrected chi connectivity index (χ4v) is 6.28. The van der Waals surface area contributed by atoms with Crippen LogP contribution in [0.2, 0.25) is 0 Å². The average Bonchev–Trinajstić information content (AvgIpc) is 3.48. The lowest BCUT2D eigenvalue weighted by Gasteiger charge is -2.09. The molecule has 0 atom stereocenters. The molecule has 8 rings (SSSR count). The van der Waals surface area contributed by atoms with Crippen LogP contribution in [-0.4, -0.2) is 14.5 Å². The molecule has 5 heteroatoms. The van der Waals surface area contributed by atoms with Gasteiger partial charge in [0.1, 0.15) is 18.0 Å². The predicted octanol–water partition coefficient (Wildman–Crippen LogP) is 10.7. The van der Waals surface area contributed by atoms with E-state index in [0.29, 0.717) is 11.5 Å². The Kier molecular flexibility index (Phi) is 6.84. The highest BCUT2D eigenvalue weighted by Gasteiger charge is 2.15. The van der Waals surface area contributed by atoms with Crippen molar-refractivity contribution in [3.05, 3.63) is 169 Å². The molecule has 8 aromatic rings. The molecule has 0 aliphatic rings. The first-order chi connectivity index (χ1) is 23.2. The highest BCUT2D eigenvalue weighted by atomic mass is 15.0. The monoisotopic (exact) mass is 599 g/mol. The Morgan fingerprint density at radius 2 is 0.979 bits per heavy atom. The van der Waals surface area contributed by atoms with E-state index in [2.05, 4.69) is 135 Å². The fourth-order valence-electron chi connectivity index (χ4n) is 6.28. The SMILES string of the molecule is [C-]#[N+]c1cc(-c2ccc(-c3ccc4c(c3)c3cc(-c5ccc(-c6ccnc(C#N)c6)cc5)ccc3n4-c3ccccc3)cc2)ccn1. The molecule has 0 aliphatic carbocycles. The van der Waals surface area contributed by atoms with Crippen LogP contribution in [0.4, 0.5) is 5.82 Å². The van der Waals surface area contributed by atoms with Crippen LogP contribution in [-0.2, 0) is 0 Å². The van der Waals surface area contributed by atoms with Crippen LogP contribution in [0.25, 0.3) is 76.8 Å². The van der Waals surface area contributed by atoms with Crippen LogP contribution in [0.1, 0.15) is 5.69 Å². The van der Waals surface area contributed by atoms with Gasteiger partial charge in [-0.1, -0.05) is 85.4 Å². The smallest absolute Gasteiger partial charge is 0.270 e. The zero-order valence-corrected chi connectivity index (χ0v) is 25.2. The van der Waals surface area contributed by atoms with E-state index < -0.39 is 0 Å². The molecule has 0 N–H and O–H groups in total. The number of para-hydroxylation sites is 1. The summed E-state index contributed by atoms with van der Waals surface area (Å²) in [5.41, 5.74) is 12.4. The van der Waals surface area contributed by atoms with Crippen molar-refractivity contribution in [3.8, 4) is 56.3 Å². The van der Waals surface area contributed by atoms with Crippen molar-refractivity contribution >= 4 is 27.6 Å². The third-order valence-corrected chi connectivity index (χ3v) is 8.62. The molecule has 47 heavy (non-hydrogen) atoms. The molecule has 0 saturated heterocycles. The third-order valence-electron chi connectivity index (χ3n) is 8.62. The maximum atomic E-state index is 9.27. The van der Waals surface area contributed by atoms with Crippen molar-refractivity contribution < 1.29 is 0 Å². The van der Waals surface area contributed by atoms with Gasteiger partial charge < -0.3 is 9.41 Å². The number of hydrogen-bond acceptors (Lipinski definition) is 3. The molecular formula is C42H25N5. The summed E-state index contributed by atoms with van der Waals surface area (Å²) in [4.78, 5) is 11.7. The van der Waals surface area contributed by atoms with Crippen molar-refractivity contribution in [2.24, 2.45) is 0 Å². The van der Waals surface area contributed by atoms with E-state index in [0.717, 1.165) is 61.2 Å². The van der Waals surface area contributed by atoms with Crippen molar-refractivity contribution in [3.63, 3.8) is 0 Å². The number of nitrogens with zero attached hydrogens (tertiary/aromatic N) is 5. The van der Waals surface area contributed by atoms with E-state index in [-0.39, 0.29) is 0 Å². The van der Waals surface area contributed by atoms with Gasteiger partial charge >= 0.3 is 0 Å². The summed E-state index contributed by atoms with van der Waals surface area (Å²) in [5.74, 6) is 0.394. The van der Waals surface area contributed by atoms with Gasteiger partial charge in [-0.3, -0.25) is 0 Å². The standard InChI is InChI=1S/C42H25N5/c1-44-42-26-35(20-22-46-42)31-13-9-29(10-14-31)33-16-18-41-39(25-33)38-24-32(15-17-40(38)47(41)37-5-3-2-4-6-37)28-7-11-30(12-8-28)34-19-21-45-36(23-34)27-43/h2-26H. The van der Waals surface area contributed by atoms with E-state index in [4.69, 9.17) is 6.57 Å². The number of aromatic nitrogens is 3. The normalized spacial score (nSPS) is 10.9. The van der Waals surface area contributed by atoms with E-state index in [1.807, 2.05) is 30.3 Å². The van der Waals surface area contributed by atoms with Gasteiger partial charge in [-0.2, -0.15) is 5.26 Å². The first kappa shape index (κ1) is 27.7. The number of hydrogen-bond donors (Lipinski definition) is 0. The lowest BCUT2D eigenvalue weighted by Crippen LogP contribution is -1.93. The van der Waals surface area contributed by atoms with Crippen LogP contribution in [0.15, 0.2) is 152 Å². The highest BCUT2D eigenvalue weighted by molar-refractivity contribution is 6.11. The average molecular weight is 600 g/mol. The zero-order valence-electron chi connectivity index (χ0n) is 25.2. The molecule has 0 radical (unpaired) electrons. The molecule has 218 valence electrons. The number of pyridine rings is 2. The van der Waals surface area contributed by atoms with Gasteiger partial charge in [0.2, 0.25) is 0 Å². The molecule has 5 nitrogen and oxygen atoms in total. The molecule has 0 amide bonds. The van der Waals surface area contributed by atoms with Gasteiger partial charge in [-0.05, 0) is 105 Å². The largest absolute Gasteiger partial charge is 0.361 e. The molecule has 0 bridgehead atoms. The summed E-state index contributed by atoms with van der Waals surface area (Å²) in [7, 11) is 0. The molecule has 3 heterocycles. The summed E-state index contributed by atoms with van der Waals surface area (Å²) in [6.45, 7) is 7.29. The molecule has 0 spiro atoms. The Bertz CT molecular complexity index is 2360. The molecule has 3 aromatic heterocycles. The van der Waals surface area contributed by atoms with Gasteiger partial charge in [-0.25, -0.2) is 4.98 Å². The quantitative estimate of drug-likeness (QED) is 0.185. The van der Waals surface area contributed by atoms with Crippen molar-refractivity contribution in [2.75, 3.05) is 0 Å². The van der Waals surface area contributed by atoms with Crippen LogP contribution in [0.3, 0.4) is 0 Å². The summed E-state index contributed by atoms with van der Waals surface area (Å²) in [6, 6.07) is 50.4. The molecule has 0 unspecified atom stereocenters. The second-order valence-electron chi connectivity index (χ2n) is 11.3. The maximum absolute atomic E-state index is 9.27. The Labute approximate surface area is 272 Å². The van der Waals surface area contributed by atoms with Crippen molar-refractivity contribution in [1.82, 2.24) is 14.5 Å². The third kappa shape index (κ3) is 5.09. The van der Waals surface area contributed by atoms with Gasteiger partial charge in [0, 0.05) is 22.7 Å². The minimum Gasteiger partial charge on any atom is -0.361 e. The Morgan fingerprint density at radius 3 is 1.49 bits per heavy atom. The maximum Gasteiger partial charge on any atom is 0.270 e. The van der Waals surface area contributed by atoms with Crippen LogP contribution >= 0.6 is 0 Å². The van der Waals surface area contributed by atoms with E-state index in [1.165, 1.54) is 10.8 Å². The fraction of sp³-hybridized carbons (Fsp3) is 0. The number of rotatable bonds is 5. The lowest BCUT2D eigenvalue weighted by molar-refractivity contribution is 1.18. The van der Waals surface area contributed by atoms with Crippen LogP contribution < -0.4 is 0 Å². The van der Waals surface area contributed by atoms with Crippen molar-refractivity contribution in [1.29, 1.82) is 5.26 Å². The first-order valence-corrected chi connectivity index (χ1v) is 15.2. The Hall–Kier alpha value is -6.82. The van der Waals surface area contributed by atoms with Crippen LogP contribution in [0, 0.1) is 17.9 Å². The molecular weight excluding hydrogens is 574 g/mol. The second-order valence-corrected chi connectivity index (χ2v) is 11.3. The molecule has 5 aromatic carbocycles. The zero-order chi connectivity index (χ0) is 31.7. The number of fused-ring (bicyclic) bond motifs is 3. The van der Waals surface area contributed by atoms with Gasteiger partial charge in [0.05, 0.1) is 11.0 Å². The summed E-state index contributed by atoms with van der Waals surface area (Å²) >= 11 is 0. The summed E-state index contributed by atoms with van der Waals surface area (Å²) in [5, 5.41) is 11.6. The molecule has 0 saturated carbocycles. The minimum absolute atomic E-state index is 0.394. The second kappa shape index (κ2) is 11.6. The molecule has 0 aliphatic heterocycles. The van der Waals surface area contributed by atoms with Gasteiger partial charge in [0.15, 0.2) is 0 Å². The lowest BCUT2D eigenvalue weighted by atomic mass is 9.97. The molecule has 0 fully saturated rings. The van der Waals surface area contributed by atoms with Gasteiger partial charge in [-0.15, -0.1) is 4.98 Å². The Balaban J connectivity index is 1.22. The van der Waals surface area contributed by atoms with E-state index >= 15 is 0 Å². The summed E-state index contributed by atoms with van der Waals surface area (Å²) in [6.07, 6.45) is 3.36. The first-order valence-electron chi connectivity index (χ1n) is 15.2. The van der Waals surface area contributed by atoms with E-state index in [9.17, 15) is 5.26 Å². The highest BCUT2D eigenvalue weighted by Crippen LogP contribution is 2.38. The van der Waals surface area contributed by atoms with Crippen LogP contribution in [0.5, 0.6) is 0 Å². The predicted molar refractivity (Wildman–Crippen MR) is 189 cm³/mol.